The molecular weight excluding hydrogens is 377 g/mol. The van der Waals surface area contributed by atoms with E-state index in [1.807, 2.05) is 30.3 Å². The standard InChI is InChI=1S/C21H20FN3O4/c1-25(13-15-7-9-16(22)10-8-15)21(27)24-23-20(26)19-12-11-18(29-19)14-28-17-5-3-2-4-6-17/h2-12H,13-14H2,1H3,(H,23,26)(H,24,27). The summed E-state index contributed by atoms with van der Waals surface area (Å²) in [5.74, 6) is 0.253. The summed E-state index contributed by atoms with van der Waals surface area (Å²) in [6, 6.07) is 17.6. The van der Waals surface area contributed by atoms with Crippen LogP contribution >= 0.6 is 0 Å². The molecule has 0 radical (unpaired) electrons. The summed E-state index contributed by atoms with van der Waals surface area (Å²) in [6.07, 6.45) is 0. The van der Waals surface area contributed by atoms with Gasteiger partial charge in [0.25, 0.3) is 0 Å². The first-order valence-corrected chi connectivity index (χ1v) is 8.84. The van der Waals surface area contributed by atoms with Crippen LogP contribution in [0.25, 0.3) is 0 Å². The topological polar surface area (TPSA) is 83.8 Å². The van der Waals surface area contributed by atoms with Crippen LogP contribution in [0.3, 0.4) is 0 Å². The molecule has 29 heavy (non-hydrogen) atoms. The largest absolute Gasteiger partial charge is 0.486 e. The van der Waals surface area contributed by atoms with Crippen LogP contribution < -0.4 is 15.6 Å². The van der Waals surface area contributed by atoms with Crippen molar-refractivity contribution in [2.45, 2.75) is 13.2 Å². The molecule has 0 aliphatic carbocycles. The molecule has 3 rings (SSSR count). The molecule has 0 spiro atoms. The third-order valence-corrected chi connectivity index (χ3v) is 3.97. The van der Waals surface area contributed by atoms with Gasteiger partial charge in [0, 0.05) is 13.6 Å². The van der Waals surface area contributed by atoms with Gasteiger partial charge in [-0.05, 0) is 42.0 Å². The Hall–Kier alpha value is -3.81. The molecule has 1 aromatic heterocycles. The van der Waals surface area contributed by atoms with Gasteiger partial charge in [-0.1, -0.05) is 30.3 Å². The molecule has 0 saturated heterocycles. The molecule has 3 aromatic rings. The summed E-state index contributed by atoms with van der Waals surface area (Å²) in [4.78, 5) is 25.6. The maximum absolute atomic E-state index is 12.9. The molecule has 7 nitrogen and oxygen atoms in total. The summed E-state index contributed by atoms with van der Waals surface area (Å²) in [5.41, 5.74) is 5.34. The Kier molecular flexibility index (Phi) is 6.47. The molecular formula is C21H20FN3O4. The highest BCUT2D eigenvalue weighted by Crippen LogP contribution is 2.14. The van der Waals surface area contributed by atoms with Gasteiger partial charge < -0.3 is 14.1 Å². The number of nitrogens with zero attached hydrogens (tertiary/aromatic N) is 1. The average molecular weight is 397 g/mol. The van der Waals surface area contributed by atoms with Gasteiger partial charge in [0.15, 0.2) is 5.76 Å². The van der Waals surface area contributed by atoms with Crippen molar-refractivity contribution in [2.75, 3.05) is 7.05 Å². The van der Waals surface area contributed by atoms with Crippen LogP contribution in [0.5, 0.6) is 5.75 Å². The number of carbonyl (C=O) groups excluding carboxylic acids is 2. The minimum atomic E-state index is -0.598. The number of hydrazine groups is 1. The first-order valence-electron chi connectivity index (χ1n) is 8.84. The van der Waals surface area contributed by atoms with E-state index < -0.39 is 11.9 Å². The lowest BCUT2D eigenvalue weighted by atomic mass is 10.2. The summed E-state index contributed by atoms with van der Waals surface area (Å²) in [7, 11) is 1.55. The van der Waals surface area contributed by atoms with Crippen LogP contribution in [0.4, 0.5) is 9.18 Å². The molecule has 3 amide bonds. The van der Waals surface area contributed by atoms with Crippen molar-refractivity contribution in [3.05, 3.63) is 89.6 Å². The average Bonchev–Trinajstić information content (AvgIpc) is 3.22. The Morgan fingerprint density at radius 1 is 1.00 bits per heavy atom. The molecule has 1 heterocycles. The van der Waals surface area contributed by atoms with E-state index in [2.05, 4.69) is 10.9 Å². The number of ether oxygens (including phenoxy) is 1. The Balaban J connectivity index is 1.45. The predicted octanol–water partition coefficient (Wildman–Crippen LogP) is 3.48. The van der Waals surface area contributed by atoms with Crippen LogP contribution in [0.2, 0.25) is 0 Å². The van der Waals surface area contributed by atoms with Gasteiger partial charge in [-0.25, -0.2) is 14.6 Å². The fourth-order valence-corrected chi connectivity index (χ4v) is 2.45. The SMILES string of the molecule is CN(Cc1ccc(F)cc1)C(=O)NNC(=O)c1ccc(COc2ccccc2)o1. The highest BCUT2D eigenvalue weighted by molar-refractivity contribution is 5.92. The van der Waals surface area contributed by atoms with E-state index in [0.29, 0.717) is 11.5 Å². The fourth-order valence-electron chi connectivity index (χ4n) is 2.45. The van der Waals surface area contributed by atoms with E-state index in [9.17, 15) is 14.0 Å². The molecule has 0 atom stereocenters. The van der Waals surface area contributed by atoms with Gasteiger partial charge >= 0.3 is 11.9 Å². The molecule has 8 heteroatoms. The second-order valence-corrected chi connectivity index (χ2v) is 6.23. The third-order valence-electron chi connectivity index (χ3n) is 3.97. The quantitative estimate of drug-likeness (QED) is 0.624. The van der Waals surface area contributed by atoms with Crippen molar-refractivity contribution in [2.24, 2.45) is 0 Å². The maximum atomic E-state index is 12.9. The van der Waals surface area contributed by atoms with E-state index >= 15 is 0 Å². The Morgan fingerprint density at radius 3 is 2.45 bits per heavy atom. The zero-order chi connectivity index (χ0) is 20.6. The maximum Gasteiger partial charge on any atom is 0.336 e. The molecule has 2 aromatic carbocycles. The van der Waals surface area contributed by atoms with Gasteiger partial charge in [0.05, 0.1) is 0 Å². The minimum absolute atomic E-state index is 0.0400. The molecule has 2 N–H and O–H groups in total. The first kappa shape index (κ1) is 19.9. The zero-order valence-corrected chi connectivity index (χ0v) is 15.7. The van der Waals surface area contributed by atoms with Gasteiger partial charge in [-0.15, -0.1) is 0 Å². The Morgan fingerprint density at radius 2 is 1.72 bits per heavy atom. The lowest BCUT2D eigenvalue weighted by molar-refractivity contribution is 0.0899. The first-order chi connectivity index (χ1) is 14.0. The van der Waals surface area contributed by atoms with Gasteiger partial charge in [0.1, 0.15) is 23.9 Å². The normalized spacial score (nSPS) is 10.3. The number of amides is 3. The summed E-state index contributed by atoms with van der Waals surface area (Å²) >= 11 is 0. The minimum Gasteiger partial charge on any atom is -0.486 e. The number of urea groups is 1. The van der Waals surface area contributed by atoms with E-state index in [4.69, 9.17) is 9.15 Å². The zero-order valence-electron chi connectivity index (χ0n) is 15.7. The second kappa shape index (κ2) is 9.41. The highest BCUT2D eigenvalue weighted by atomic mass is 19.1. The summed E-state index contributed by atoms with van der Waals surface area (Å²) < 4.78 is 23.9. The summed E-state index contributed by atoms with van der Waals surface area (Å²) in [5, 5.41) is 0. The van der Waals surface area contributed by atoms with Crippen LogP contribution in [-0.2, 0) is 13.2 Å². The van der Waals surface area contributed by atoms with Crippen LogP contribution in [-0.4, -0.2) is 23.9 Å². The fraction of sp³-hybridized carbons (Fsp3) is 0.143. The van der Waals surface area contributed by atoms with Crippen LogP contribution in [0, 0.1) is 5.82 Å². The van der Waals surface area contributed by atoms with Gasteiger partial charge in [0.2, 0.25) is 0 Å². The third kappa shape index (κ3) is 5.83. The number of halogens is 1. The molecule has 0 aliphatic heterocycles. The van der Waals surface area contributed by atoms with Gasteiger partial charge in [-0.2, -0.15) is 0 Å². The van der Waals surface area contributed by atoms with Gasteiger partial charge in [-0.3, -0.25) is 10.2 Å². The molecule has 150 valence electrons. The lowest BCUT2D eigenvalue weighted by Crippen LogP contribution is -2.47. The number of para-hydroxylation sites is 1. The van der Waals surface area contributed by atoms with E-state index in [1.165, 1.54) is 23.1 Å². The number of rotatable bonds is 6. The summed E-state index contributed by atoms with van der Waals surface area (Å²) in [6.45, 7) is 0.424. The monoisotopic (exact) mass is 397 g/mol. The number of hydrogen-bond donors (Lipinski definition) is 2. The molecule has 0 aliphatic rings. The van der Waals surface area contributed by atoms with Crippen molar-refractivity contribution >= 4 is 11.9 Å². The van der Waals surface area contributed by atoms with Crippen molar-refractivity contribution in [3.63, 3.8) is 0 Å². The van der Waals surface area contributed by atoms with Crippen molar-refractivity contribution in [1.29, 1.82) is 0 Å². The Labute approximate surface area is 167 Å². The molecule has 0 saturated carbocycles. The Bertz CT molecular complexity index is 958. The van der Waals surface area contributed by atoms with Crippen molar-refractivity contribution in [3.8, 4) is 5.75 Å². The smallest absolute Gasteiger partial charge is 0.336 e. The molecule has 0 fully saturated rings. The van der Waals surface area contributed by atoms with Crippen LogP contribution in [0.1, 0.15) is 21.9 Å². The number of furan rings is 1. The van der Waals surface area contributed by atoms with Crippen molar-refractivity contribution < 1.29 is 23.1 Å². The lowest BCUT2D eigenvalue weighted by Gasteiger charge is -2.18. The van der Waals surface area contributed by atoms with Crippen molar-refractivity contribution in [1.82, 2.24) is 15.8 Å². The number of nitrogens with one attached hydrogen (secondary N) is 2. The highest BCUT2D eigenvalue weighted by Gasteiger charge is 2.14. The van der Waals surface area contributed by atoms with Crippen LogP contribution in [0.15, 0.2) is 71.1 Å². The number of carbonyl (C=O) groups is 2. The van der Waals surface area contributed by atoms with E-state index in [1.54, 1.807) is 25.2 Å². The molecule has 0 bridgehead atoms. The number of benzene rings is 2. The number of hydrogen-bond acceptors (Lipinski definition) is 4. The predicted molar refractivity (Wildman–Crippen MR) is 103 cm³/mol. The van der Waals surface area contributed by atoms with E-state index in [0.717, 1.165) is 5.56 Å². The molecule has 0 unspecified atom stereocenters. The van der Waals surface area contributed by atoms with E-state index in [-0.39, 0.29) is 24.7 Å². The second-order valence-electron chi connectivity index (χ2n) is 6.23.